The van der Waals surface area contributed by atoms with Gasteiger partial charge in [-0.3, -0.25) is 4.79 Å². The van der Waals surface area contributed by atoms with Crippen LogP contribution in [-0.4, -0.2) is 24.7 Å². The summed E-state index contributed by atoms with van der Waals surface area (Å²) in [4.78, 5) is 9.24. The van der Waals surface area contributed by atoms with Crippen molar-refractivity contribution in [1.29, 1.82) is 0 Å². The minimum atomic E-state index is -0.968. The molecule has 0 spiro atoms. The Labute approximate surface area is 76.2 Å². The molecule has 0 aliphatic carbocycles. The fourth-order valence-corrected chi connectivity index (χ4v) is 0. The van der Waals surface area contributed by atoms with Gasteiger partial charge in [0.15, 0.2) is 0 Å². The summed E-state index contributed by atoms with van der Waals surface area (Å²) >= 11 is -0.472. The zero-order chi connectivity index (χ0) is 8.99. The van der Waals surface area contributed by atoms with Gasteiger partial charge in [-0.25, -0.2) is 0 Å². The summed E-state index contributed by atoms with van der Waals surface area (Å²) in [6, 6.07) is 0. The van der Waals surface area contributed by atoms with Crippen LogP contribution in [0.25, 0.3) is 0 Å². The third-order valence-electron chi connectivity index (χ3n) is 0.175. The Balaban J connectivity index is -0.0000000847. The van der Waals surface area contributed by atoms with E-state index in [4.69, 9.17) is 23.9 Å². The molecule has 0 aromatic heterocycles. The molecule has 0 heterocycles. The van der Waals surface area contributed by atoms with Gasteiger partial charge in [0.2, 0.25) is 0 Å². The van der Waals surface area contributed by atoms with Crippen molar-refractivity contribution >= 4 is 24.8 Å². The molecule has 10 heavy (non-hydrogen) atoms. The Kier molecular flexibility index (Phi) is 38.3. The van der Waals surface area contributed by atoms with Gasteiger partial charge in [-0.2, -0.15) is 0 Å². The number of nitrogens with two attached hydrogens (primary N) is 2. The fourth-order valence-electron chi connectivity index (χ4n) is 0. The summed E-state index contributed by atoms with van der Waals surface area (Å²) in [5, 5.41) is 7.60. The third kappa shape index (κ3) is 71.9. The molecule has 7 heteroatoms. The van der Waals surface area contributed by atoms with Crippen LogP contribution in [0.4, 0.5) is 0 Å². The molecule has 0 aromatic rings. The van der Waals surface area contributed by atoms with Crippen molar-refractivity contribution < 1.29 is 26.4 Å². The molecule has 0 radical (unpaired) electrons. The van der Waals surface area contributed by atoms with Crippen LogP contribution in [0.1, 0.15) is 0 Å². The summed E-state index contributed by atoms with van der Waals surface area (Å²) in [6.07, 6.45) is 0. The van der Waals surface area contributed by atoms with Crippen LogP contribution in [0, 0.1) is 0 Å². The van der Waals surface area contributed by atoms with Gasteiger partial charge in [0.05, 0.1) is 6.54 Å². The molecule has 0 amide bonds. The molecule has 5 N–H and O–H groups in total. The van der Waals surface area contributed by atoms with Crippen LogP contribution in [-0.2, 0) is 21.3 Å². The molecule has 68 valence electrons. The number of hydrogen-bond acceptors (Lipinski definition) is 3. The topological polar surface area (TPSA) is 89.3 Å². The van der Waals surface area contributed by atoms with E-state index in [0.717, 1.165) is 0 Å². The zero-order valence-electron chi connectivity index (χ0n) is 5.29. The standard InChI is InChI=1S/C2H5NO2.CH5N.2ClH.Pt/c3-1-2(4)5;1-2;;;/h1,3H2,(H,4,5);2H2,1H3;2*1H;/q;;;;+2/p-2. The van der Waals surface area contributed by atoms with Gasteiger partial charge in [-0.05, 0) is 7.05 Å². The Morgan fingerprint density at radius 2 is 1.70 bits per heavy atom. The molecular weight excluding hydrogens is 362 g/mol. The summed E-state index contributed by atoms with van der Waals surface area (Å²) in [6.45, 7) is -0.278. The Bertz CT molecular complexity index is 66.5. The molecule has 4 nitrogen and oxygen atoms in total. The molecule has 0 aliphatic rings. The SMILES string of the molecule is CN.NCC(=O)O.[Cl][Pt][Cl]. The number of rotatable bonds is 1. The predicted octanol–water partition coefficient (Wildman–Crippen LogP) is -0.0189. The van der Waals surface area contributed by atoms with E-state index in [1.54, 1.807) is 0 Å². The van der Waals surface area contributed by atoms with E-state index in [0.29, 0.717) is 0 Å². The molecule has 0 fully saturated rings. The number of carbonyl (C=O) groups is 1. The second kappa shape index (κ2) is 22.6. The minimum absolute atomic E-state index is 0.278. The summed E-state index contributed by atoms with van der Waals surface area (Å²) in [5.41, 5.74) is 9.07. The quantitative estimate of drug-likeness (QED) is 0.604. The van der Waals surface area contributed by atoms with Crippen LogP contribution >= 0.6 is 18.8 Å². The van der Waals surface area contributed by atoms with E-state index < -0.39 is 22.5 Å². The monoisotopic (exact) mass is 371 g/mol. The van der Waals surface area contributed by atoms with Crippen molar-refractivity contribution in [3.05, 3.63) is 0 Å². The van der Waals surface area contributed by atoms with E-state index in [9.17, 15) is 4.79 Å². The Morgan fingerprint density at radius 3 is 1.70 bits per heavy atom. The maximum absolute atomic E-state index is 9.24. The summed E-state index contributed by atoms with van der Waals surface area (Å²) < 4.78 is 0. The normalized spacial score (nSPS) is 6.50. The summed E-state index contributed by atoms with van der Waals surface area (Å²) in [7, 11) is 11.2. The first-order valence-corrected chi connectivity index (χ1v) is 7.64. The average Bonchev–Trinajstić information content (AvgIpc) is 1.94. The van der Waals surface area contributed by atoms with E-state index in [-0.39, 0.29) is 6.54 Å². The number of hydrogen-bond donors (Lipinski definition) is 3. The first-order valence-electron chi connectivity index (χ1n) is 2.01. The third-order valence-corrected chi connectivity index (χ3v) is 0.175. The van der Waals surface area contributed by atoms with Gasteiger partial charge in [0.1, 0.15) is 0 Å². The van der Waals surface area contributed by atoms with Crippen molar-refractivity contribution in [3.8, 4) is 0 Å². The second-order valence-electron chi connectivity index (χ2n) is 0.643. The van der Waals surface area contributed by atoms with Gasteiger partial charge in [0.25, 0.3) is 0 Å². The summed E-state index contributed by atoms with van der Waals surface area (Å²) in [5.74, 6) is -0.968. The first kappa shape index (κ1) is 17.0. The molecule has 0 unspecified atom stereocenters. The number of carboxylic acid groups (broad SMARTS) is 1. The van der Waals surface area contributed by atoms with E-state index in [1.165, 1.54) is 7.05 Å². The van der Waals surface area contributed by atoms with Gasteiger partial charge in [-0.15, -0.1) is 0 Å². The number of carboxylic acids is 1. The Morgan fingerprint density at radius 1 is 1.60 bits per heavy atom. The van der Waals surface area contributed by atoms with Gasteiger partial charge >= 0.3 is 41.3 Å². The molecule has 0 saturated carbocycles. The molecule has 0 saturated heterocycles. The van der Waals surface area contributed by atoms with Crippen LogP contribution in [0.2, 0.25) is 0 Å². The molecule has 0 atom stereocenters. The maximum atomic E-state index is 9.24. The Hall–Kier alpha value is 0.658. The molecule has 0 aliphatic heterocycles. The van der Waals surface area contributed by atoms with Gasteiger partial charge < -0.3 is 16.6 Å². The van der Waals surface area contributed by atoms with Crippen LogP contribution in [0.3, 0.4) is 0 Å². The van der Waals surface area contributed by atoms with Crippen LogP contribution < -0.4 is 11.5 Å². The molecular formula is C3H10Cl2N2O2Pt. The van der Waals surface area contributed by atoms with Crippen LogP contribution in [0.5, 0.6) is 0 Å². The van der Waals surface area contributed by atoms with Crippen LogP contribution in [0.15, 0.2) is 0 Å². The number of aliphatic carboxylic acids is 1. The first-order chi connectivity index (χ1) is 4.68. The van der Waals surface area contributed by atoms with Crippen molar-refractivity contribution in [2.75, 3.05) is 13.6 Å². The van der Waals surface area contributed by atoms with E-state index in [1.807, 2.05) is 0 Å². The predicted molar refractivity (Wildman–Crippen MR) is 38.5 cm³/mol. The molecule has 0 bridgehead atoms. The molecule has 0 aromatic carbocycles. The number of halogens is 2. The molecule has 0 rings (SSSR count). The van der Waals surface area contributed by atoms with Crippen molar-refractivity contribution in [2.45, 2.75) is 0 Å². The second-order valence-corrected chi connectivity index (χ2v) is 3.93. The van der Waals surface area contributed by atoms with E-state index in [2.05, 4.69) is 11.5 Å². The fraction of sp³-hybridized carbons (Fsp3) is 0.667. The zero-order valence-corrected chi connectivity index (χ0v) is 9.07. The average molecular weight is 372 g/mol. The van der Waals surface area contributed by atoms with E-state index >= 15 is 0 Å². The van der Waals surface area contributed by atoms with Gasteiger partial charge in [-0.1, -0.05) is 0 Å². The van der Waals surface area contributed by atoms with Crippen molar-refractivity contribution in [3.63, 3.8) is 0 Å². The van der Waals surface area contributed by atoms with Crippen molar-refractivity contribution in [1.82, 2.24) is 0 Å². The van der Waals surface area contributed by atoms with Gasteiger partial charge in [0, 0.05) is 0 Å². The van der Waals surface area contributed by atoms with Crippen molar-refractivity contribution in [2.24, 2.45) is 11.5 Å².